The number of carbonyl (C=O) groups is 2. The van der Waals surface area contributed by atoms with Crippen LogP contribution in [0.25, 0.3) is 0 Å². The van der Waals surface area contributed by atoms with Crippen LogP contribution in [0, 0.1) is 5.82 Å². The molecule has 2 aliphatic heterocycles. The molecule has 168 valence electrons. The van der Waals surface area contributed by atoms with E-state index < -0.39 is 28.3 Å². The molecule has 2 amide bonds. The van der Waals surface area contributed by atoms with E-state index in [0.717, 1.165) is 23.9 Å². The lowest BCUT2D eigenvalue weighted by atomic mass is 10.0. The SMILES string of the molecule is O=C1CSC2(C(=O)N(Cc3cccc(C(F)(F)F)c3)c3ccccc32)N1c1cccc(F)c1. The number of anilines is 2. The van der Waals surface area contributed by atoms with Gasteiger partial charge in [0, 0.05) is 11.3 Å². The van der Waals surface area contributed by atoms with Crippen molar-refractivity contribution < 1.29 is 27.2 Å². The number of nitrogens with zero attached hydrogens (tertiary/aromatic N) is 2. The van der Waals surface area contributed by atoms with Gasteiger partial charge >= 0.3 is 6.18 Å². The normalized spacial score (nSPS) is 20.1. The number of rotatable bonds is 3. The number of fused-ring (bicyclic) bond motifs is 2. The summed E-state index contributed by atoms with van der Waals surface area (Å²) >= 11 is 1.12. The van der Waals surface area contributed by atoms with Crippen LogP contribution in [0.3, 0.4) is 0 Å². The van der Waals surface area contributed by atoms with Crippen molar-refractivity contribution in [3.63, 3.8) is 0 Å². The highest BCUT2D eigenvalue weighted by atomic mass is 32.2. The average Bonchev–Trinajstić information content (AvgIpc) is 3.24. The molecule has 4 nitrogen and oxygen atoms in total. The number of carbonyl (C=O) groups excluding carboxylic acids is 2. The van der Waals surface area contributed by atoms with Crippen LogP contribution in [0.2, 0.25) is 0 Å². The Bertz CT molecular complexity index is 1280. The van der Waals surface area contributed by atoms with Crippen molar-refractivity contribution in [2.45, 2.75) is 17.6 Å². The highest BCUT2D eigenvalue weighted by molar-refractivity contribution is 8.02. The standard InChI is InChI=1S/C24H16F4N2O2S/c25-17-7-4-8-18(12-17)30-21(31)14-33-23(30)19-9-1-2-10-20(19)29(22(23)32)13-15-5-3-6-16(11-15)24(26,27)28/h1-12H,13-14H2. The van der Waals surface area contributed by atoms with Crippen molar-refractivity contribution in [1.82, 2.24) is 0 Å². The van der Waals surface area contributed by atoms with Crippen LogP contribution in [-0.2, 0) is 27.2 Å². The second-order valence-corrected chi connectivity index (χ2v) is 8.92. The first-order chi connectivity index (χ1) is 15.7. The first-order valence-electron chi connectivity index (χ1n) is 10.0. The maximum Gasteiger partial charge on any atom is 0.416 e. The molecule has 0 saturated carbocycles. The minimum Gasteiger partial charge on any atom is -0.304 e. The van der Waals surface area contributed by atoms with Gasteiger partial charge in [0.05, 0.1) is 23.5 Å². The van der Waals surface area contributed by atoms with Gasteiger partial charge in [-0.25, -0.2) is 4.39 Å². The first-order valence-corrected chi connectivity index (χ1v) is 11.0. The van der Waals surface area contributed by atoms with E-state index in [0.29, 0.717) is 16.8 Å². The molecule has 0 N–H and O–H groups in total. The molecular formula is C24H16F4N2O2S. The van der Waals surface area contributed by atoms with Gasteiger partial charge in [0.1, 0.15) is 5.82 Å². The topological polar surface area (TPSA) is 40.6 Å². The largest absolute Gasteiger partial charge is 0.416 e. The van der Waals surface area contributed by atoms with Crippen LogP contribution >= 0.6 is 11.8 Å². The molecule has 0 aromatic heterocycles. The van der Waals surface area contributed by atoms with Crippen LogP contribution in [0.5, 0.6) is 0 Å². The number of thioether (sulfide) groups is 1. The van der Waals surface area contributed by atoms with Crippen molar-refractivity contribution in [2.75, 3.05) is 15.6 Å². The van der Waals surface area contributed by atoms with E-state index in [4.69, 9.17) is 0 Å². The molecule has 1 atom stereocenters. The maximum absolute atomic E-state index is 14.0. The maximum atomic E-state index is 14.0. The Kier molecular flexibility index (Phi) is 4.97. The van der Waals surface area contributed by atoms with Gasteiger partial charge in [0.15, 0.2) is 0 Å². The van der Waals surface area contributed by atoms with Gasteiger partial charge < -0.3 is 4.90 Å². The minimum absolute atomic E-state index is 0.00792. The molecule has 3 aromatic rings. The highest BCUT2D eigenvalue weighted by Crippen LogP contribution is 2.56. The Morgan fingerprint density at radius 3 is 2.45 bits per heavy atom. The van der Waals surface area contributed by atoms with E-state index in [1.807, 2.05) is 0 Å². The smallest absolute Gasteiger partial charge is 0.304 e. The summed E-state index contributed by atoms with van der Waals surface area (Å²) in [5.74, 6) is -1.35. The number of halogens is 4. The van der Waals surface area contributed by atoms with Crippen molar-refractivity contribution in [1.29, 1.82) is 0 Å². The molecule has 0 bridgehead atoms. The number of amides is 2. The van der Waals surface area contributed by atoms with E-state index in [1.165, 1.54) is 40.1 Å². The third-order valence-electron chi connectivity index (χ3n) is 5.73. The summed E-state index contributed by atoms with van der Waals surface area (Å²) in [6.07, 6.45) is -4.51. The Morgan fingerprint density at radius 1 is 0.939 bits per heavy atom. The Balaban J connectivity index is 1.61. The monoisotopic (exact) mass is 472 g/mol. The number of para-hydroxylation sites is 1. The van der Waals surface area contributed by atoms with Gasteiger partial charge in [-0.15, -0.1) is 11.8 Å². The van der Waals surface area contributed by atoms with Crippen molar-refractivity contribution >= 4 is 35.0 Å². The van der Waals surface area contributed by atoms with Crippen LogP contribution in [0.15, 0.2) is 72.8 Å². The van der Waals surface area contributed by atoms with Gasteiger partial charge in [-0.3, -0.25) is 14.5 Å². The van der Waals surface area contributed by atoms with Crippen LogP contribution < -0.4 is 9.80 Å². The fourth-order valence-corrected chi connectivity index (χ4v) is 5.72. The summed E-state index contributed by atoms with van der Waals surface area (Å²) in [5, 5.41) is 0. The molecule has 1 unspecified atom stereocenters. The lowest BCUT2D eigenvalue weighted by Crippen LogP contribution is -2.49. The van der Waals surface area contributed by atoms with E-state index in [9.17, 15) is 27.2 Å². The average molecular weight is 472 g/mol. The Labute approximate surface area is 190 Å². The molecule has 5 rings (SSSR count). The summed E-state index contributed by atoms with van der Waals surface area (Å²) < 4.78 is 53.6. The van der Waals surface area contributed by atoms with E-state index >= 15 is 0 Å². The number of alkyl halides is 3. The van der Waals surface area contributed by atoms with Crippen LogP contribution in [-0.4, -0.2) is 17.6 Å². The van der Waals surface area contributed by atoms with E-state index in [2.05, 4.69) is 0 Å². The third kappa shape index (κ3) is 3.38. The van der Waals surface area contributed by atoms with E-state index in [-0.39, 0.29) is 23.9 Å². The molecule has 0 aliphatic carbocycles. The molecule has 33 heavy (non-hydrogen) atoms. The molecule has 1 fully saturated rings. The molecule has 2 aliphatic rings. The van der Waals surface area contributed by atoms with Gasteiger partial charge in [-0.1, -0.05) is 36.4 Å². The molecule has 0 radical (unpaired) electrons. The van der Waals surface area contributed by atoms with Crippen LogP contribution in [0.4, 0.5) is 28.9 Å². The third-order valence-corrected chi connectivity index (χ3v) is 7.11. The molecule has 1 spiro atoms. The van der Waals surface area contributed by atoms with E-state index in [1.54, 1.807) is 30.3 Å². The summed E-state index contributed by atoms with van der Waals surface area (Å²) in [6.45, 7) is -0.104. The second kappa shape index (κ2) is 7.62. The summed E-state index contributed by atoms with van der Waals surface area (Å²) in [7, 11) is 0. The number of hydrogen-bond donors (Lipinski definition) is 0. The zero-order chi connectivity index (χ0) is 23.4. The molecule has 2 heterocycles. The fraction of sp³-hybridized carbons (Fsp3) is 0.167. The van der Waals surface area contributed by atoms with Crippen molar-refractivity contribution in [2.24, 2.45) is 0 Å². The van der Waals surface area contributed by atoms with Crippen molar-refractivity contribution in [3.05, 3.63) is 95.3 Å². The van der Waals surface area contributed by atoms with Gasteiger partial charge in [-0.2, -0.15) is 13.2 Å². The lowest BCUT2D eigenvalue weighted by molar-refractivity contribution is -0.137. The van der Waals surface area contributed by atoms with Crippen LogP contribution in [0.1, 0.15) is 16.7 Å². The van der Waals surface area contributed by atoms with Gasteiger partial charge in [-0.05, 0) is 42.0 Å². The molecule has 9 heteroatoms. The highest BCUT2D eigenvalue weighted by Gasteiger charge is 2.61. The predicted octanol–water partition coefficient (Wildman–Crippen LogP) is 5.32. The second-order valence-electron chi connectivity index (χ2n) is 7.75. The Morgan fingerprint density at radius 2 is 1.70 bits per heavy atom. The summed E-state index contributed by atoms with van der Waals surface area (Å²) in [4.78, 5) is 28.0. The summed E-state index contributed by atoms with van der Waals surface area (Å²) in [6, 6.07) is 17.1. The number of hydrogen-bond acceptors (Lipinski definition) is 3. The number of benzene rings is 3. The lowest BCUT2D eigenvalue weighted by Gasteiger charge is -2.33. The minimum atomic E-state index is -4.51. The van der Waals surface area contributed by atoms with Gasteiger partial charge in [0.2, 0.25) is 10.8 Å². The molecular weight excluding hydrogens is 456 g/mol. The molecule has 3 aromatic carbocycles. The predicted molar refractivity (Wildman–Crippen MR) is 117 cm³/mol. The Hall–Kier alpha value is -3.33. The quantitative estimate of drug-likeness (QED) is 0.485. The zero-order valence-electron chi connectivity index (χ0n) is 17.0. The zero-order valence-corrected chi connectivity index (χ0v) is 17.8. The fourth-order valence-electron chi connectivity index (χ4n) is 4.36. The molecule has 1 saturated heterocycles. The summed E-state index contributed by atoms with van der Waals surface area (Å²) in [5.41, 5.74) is 0.790. The first kappa shape index (κ1) is 21.5. The van der Waals surface area contributed by atoms with Gasteiger partial charge in [0.25, 0.3) is 5.91 Å². The van der Waals surface area contributed by atoms with Crippen molar-refractivity contribution in [3.8, 4) is 0 Å².